The van der Waals surface area contributed by atoms with Gasteiger partial charge in [-0.3, -0.25) is 0 Å². The number of nitrogens with one attached hydrogen (secondary N) is 1. The van der Waals surface area contributed by atoms with E-state index in [0.717, 1.165) is 30.5 Å². The van der Waals surface area contributed by atoms with E-state index in [4.69, 9.17) is 9.47 Å². The summed E-state index contributed by atoms with van der Waals surface area (Å²) in [4.78, 5) is 0. The molecule has 0 unspecified atom stereocenters. The quantitative estimate of drug-likeness (QED) is 0.788. The van der Waals surface area contributed by atoms with Gasteiger partial charge in [0.2, 0.25) is 0 Å². The number of ether oxygens (including phenoxy) is 3. The van der Waals surface area contributed by atoms with Crippen LogP contribution in [0.2, 0.25) is 0 Å². The van der Waals surface area contributed by atoms with Gasteiger partial charge >= 0.3 is 6.36 Å². The van der Waals surface area contributed by atoms with Gasteiger partial charge in [-0.25, -0.2) is 0 Å². The molecule has 0 aliphatic carbocycles. The number of piperidine rings is 1. The number of rotatable bonds is 4. The second-order valence-corrected chi connectivity index (χ2v) is 7.22. The smallest absolute Gasteiger partial charge is 0.496 e. The Bertz CT molecular complexity index is 898. The molecule has 2 aliphatic rings. The third-order valence-corrected chi connectivity index (χ3v) is 5.38. The van der Waals surface area contributed by atoms with Gasteiger partial charge in [0.25, 0.3) is 0 Å². The molecule has 1 fully saturated rings. The van der Waals surface area contributed by atoms with Gasteiger partial charge in [-0.1, -0.05) is 30.3 Å². The Morgan fingerprint density at radius 3 is 2.66 bits per heavy atom. The van der Waals surface area contributed by atoms with Crippen LogP contribution < -0.4 is 14.8 Å². The van der Waals surface area contributed by atoms with Crippen molar-refractivity contribution < 1.29 is 27.4 Å². The first-order valence-electron chi connectivity index (χ1n) is 9.48. The van der Waals surface area contributed by atoms with E-state index >= 15 is 0 Å². The summed E-state index contributed by atoms with van der Waals surface area (Å²) in [5.41, 5.74) is 1.90. The normalized spacial score (nSPS) is 24.4. The standard InChI is InChI=1S/C22H22F3NO3/c1-27-19-9-8-17(29-22(23,24)25)12-18(19)16-13-21(28-14-16)10-5-11-26-20(21)15-6-3-2-4-7-15/h2-4,6-9,12-13,20,26H,5,10-11,14H2,1H3/t20-,21+/m0/s1. The van der Waals surface area contributed by atoms with Crippen molar-refractivity contribution in [2.45, 2.75) is 30.8 Å². The van der Waals surface area contributed by atoms with E-state index in [1.54, 1.807) is 0 Å². The maximum atomic E-state index is 12.7. The second kappa shape index (κ2) is 7.72. The van der Waals surface area contributed by atoms with Crippen LogP contribution in [0.25, 0.3) is 5.57 Å². The van der Waals surface area contributed by atoms with Gasteiger partial charge in [-0.15, -0.1) is 13.2 Å². The molecule has 4 rings (SSSR count). The average molecular weight is 405 g/mol. The van der Waals surface area contributed by atoms with Crippen molar-refractivity contribution >= 4 is 5.57 Å². The van der Waals surface area contributed by atoms with Crippen molar-refractivity contribution in [3.05, 3.63) is 65.7 Å². The molecule has 0 saturated carbocycles. The SMILES string of the molecule is COc1ccc(OC(F)(F)F)cc1C1=C[C@@]2(CCCN[C@H]2c2ccccc2)OC1. The molecule has 2 heterocycles. The van der Waals surface area contributed by atoms with E-state index in [2.05, 4.69) is 22.2 Å². The van der Waals surface area contributed by atoms with Crippen LogP contribution in [-0.2, 0) is 4.74 Å². The lowest BCUT2D eigenvalue weighted by molar-refractivity contribution is -0.274. The Labute approximate surface area is 167 Å². The zero-order valence-corrected chi connectivity index (χ0v) is 16.0. The minimum Gasteiger partial charge on any atom is -0.496 e. The van der Waals surface area contributed by atoms with Gasteiger partial charge in [0.05, 0.1) is 19.8 Å². The van der Waals surface area contributed by atoms with Crippen molar-refractivity contribution in [2.75, 3.05) is 20.3 Å². The number of halogens is 3. The summed E-state index contributed by atoms with van der Waals surface area (Å²) < 4.78 is 53.7. The Hall–Kier alpha value is -2.51. The Balaban J connectivity index is 1.71. The van der Waals surface area contributed by atoms with E-state index in [1.165, 1.54) is 25.3 Å². The Morgan fingerprint density at radius 2 is 1.93 bits per heavy atom. The van der Waals surface area contributed by atoms with Gasteiger partial charge in [-0.05, 0) is 54.8 Å². The summed E-state index contributed by atoms with van der Waals surface area (Å²) in [5, 5.41) is 3.54. The fourth-order valence-electron chi connectivity index (χ4n) is 4.17. The van der Waals surface area contributed by atoms with E-state index in [9.17, 15) is 13.2 Å². The van der Waals surface area contributed by atoms with Crippen molar-refractivity contribution in [3.63, 3.8) is 0 Å². The predicted octanol–water partition coefficient (Wildman–Crippen LogP) is 4.87. The van der Waals surface area contributed by atoms with E-state index in [-0.39, 0.29) is 18.4 Å². The number of alkyl halides is 3. The van der Waals surface area contributed by atoms with Crippen molar-refractivity contribution in [2.24, 2.45) is 0 Å². The first-order chi connectivity index (χ1) is 13.9. The lowest BCUT2D eigenvalue weighted by Crippen LogP contribution is -2.47. The van der Waals surface area contributed by atoms with Crippen LogP contribution in [0.3, 0.4) is 0 Å². The van der Waals surface area contributed by atoms with Gasteiger partial charge in [0, 0.05) is 5.56 Å². The summed E-state index contributed by atoms with van der Waals surface area (Å²) in [6, 6.07) is 14.1. The molecule has 4 nitrogen and oxygen atoms in total. The lowest BCUT2D eigenvalue weighted by Gasteiger charge is -2.40. The van der Waals surface area contributed by atoms with Crippen LogP contribution in [0.4, 0.5) is 13.2 Å². The molecular formula is C22H22F3NO3. The van der Waals surface area contributed by atoms with Gasteiger partial charge in [0.15, 0.2) is 0 Å². The van der Waals surface area contributed by atoms with Crippen molar-refractivity contribution in [1.29, 1.82) is 0 Å². The molecule has 7 heteroatoms. The third-order valence-electron chi connectivity index (χ3n) is 5.38. The number of hydrogen-bond acceptors (Lipinski definition) is 4. The summed E-state index contributed by atoms with van der Waals surface area (Å²) in [6.45, 7) is 1.17. The number of hydrogen-bond donors (Lipinski definition) is 1. The van der Waals surface area contributed by atoms with Gasteiger partial charge in [-0.2, -0.15) is 0 Å². The summed E-state index contributed by atoms with van der Waals surface area (Å²) in [7, 11) is 1.49. The minimum absolute atomic E-state index is 0.0319. The number of benzene rings is 2. The molecule has 0 bridgehead atoms. The highest BCUT2D eigenvalue weighted by Crippen LogP contribution is 2.45. The first-order valence-corrected chi connectivity index (χ1v) is 9.48. The molecule has 2 aliphatic heterocycles. The van der Waals surface area contributed by atoms with E-state index in [1.807, 2.05) is 24.3 Å². The molecule has 2 aromatic carbocycles. The van der Waals surface area contributed by atoms with E-state index in [0.29, 0.717) is 11.3 Å². The van der Waals surface area contributed by atoms with Crippen LogP contribution in [-0.4, -0.2) is 32.2 Å². The van der Waals surface area contributed by atoms with Gasteiger partial charge < -0.3 is 19.5 Å². The van der Waals surface area contributed by atoms with Crippen LogP contribution in [0.1, 0.15) is 30.0 Å². The molecule has 154 valence electrons. The molecular weight excluding hydrogens is 383 g/mol. The largest absolute Gasteiger partial charge is 0.573 e. The molecule has 0 aromatic heterocycles. The molecule has 29 heavy (non-hydrogen) atoms. The topological polar surface area (TPSA) is 39.7 Å². The van der Waals surface area contributed by atoms with Crippen molar-refractivity contribution in [3.8, 4) is 11.5 Å². The fraction of sp³-hybridized carbons (Fsp3) is 0.364. The van der Waals surface area contributed by atoms with Crippen LogP contribution in [0.15, 0.2) is 54.6 Å². The summed E-state index contributed by atoms with van der Waals surface area (Å²) >= 11 is 0. The zero-order chi connectivity index (χ0) is 20.5. The molecule has 2 aromatic rings. The Morgan fingerprint density at radius 1 is 1.14 bits per heavy atom. The highest BCUT2D eigenvalue weighted by atomic mass is 19.4. The summed E-state index contributed by atoms with van der Waals surface area (Å²) in [6.07, 6.45) is -0.947. The average Bonchev–Trinajstić information content (AvgIpc) is 3.12. The first kappa shape index (κ1) is 19.8. The minimum atomic E-state index is -4.75. The zero-order valence-electron chi connectivity index (χ0n) is 16.0. The molecule has 1 N–H and O–H groups in total. The fourth-order valence-corrected chi connectivity index (χ4v) is 4.17. The summed E-state index contributed by atoms with van der Waals surface area (Å²) in [5.74, 6) is 0.197. The molecule has 2 atom stereocenters. The lowest BCUT2D eigenvalue weighted by atomic mass is 9.81. The molecule has 1 saturated heterocycles. The molecule has 1 spiro atoms. The monoisotopic (exact) mass is 405 g/mol. The number of methoxy groups -OCH3 is 1. The predicted molar refractivity (Wildman–Crippen MR) is 103 cm³/mol. The third kappa shape index (κ3) is 4.11. The highest BCUT2D eigenvalue weighted by molar-refractivity contribution is 5.75. The van der Waals surface area contributed by atoms with Crippen LogP contribution in [0.5, 0.6) is 11.5 Å². The van der Waals surface area contributed by atoms with E-state index < -0.39 is 12.0 Å². The maximum Gasteiger partial charge on any atom is 0.573 e. The maximum absolute atomic E-state index is 12.7. The molecule has 0 amide bonds. The highest BCUT2D eigenvalue weighted by Gasteiger charge is 2.44. The second-order valence-electron chi connectivity index (χ2n) is 7.22. The van der Waals surface area contributed by atoms with Gasteiger partial charge in [0.1, 0.15) is 17.1 Å². The van der Waals surface area contributed by atoms with Crippen molar-refractivity contribution in [1.82, 2.24) is 5.32 Å². The molecule has 0 radical (unpaired) electrons. The van der Waals surface area contributed by atoms with Crippen LogP contribution in [0, 0.1) is 0 Å². The Kier molecular flexibility index (Phi) is 5.27. The van der Waals surface area contributed by atoms with Crippen LogP contribution >= 0.6 is 0 Å².